The third-order valence-electron chi connectivity index (χ3n) is 1.10. The monoisotopic (exact) mass is 214 g/mol. The van der Waals surface area contributed by atoms with Gasteiger partial charge in [0.15, 0.2) is 0 Å². The molecule has 0 fully saturated rings. The van der Waals surface area contributed by atoms with Gasteiger partial charge in [0.25, 0.3) is 0 Å². The Morgan fingerprint density at radius 1 is 1.33 bits per heavy atom. The van der Waals surface area contributed by atoms with Gasteiger partial charge in [0, 0.05) is 5.02 Å². The zero-order valence-corrected chi connectivity index (χ0v) is 8.53. The number of halogens is 2. The third kappa shape index (κ3) is 2.11. The molecule has 0 aliphatic heterocycles. The van der Waals surface area contributed by atoms with Gasteiger partial charge in [-0.1, -0.05) is 29.8 Å². The van der Waals surface area contributed by atoms with Crippen LogP contribution in [0.2, 0.25) is 5.02 Å². The van der Waals surface area contributed by atoms with Gasteiger partial charge in [0.2, 0.25) is 0 Å². The van der Waals surface area contributed by atoms with Crippen LogP contribution in [-0.2, 0) is 0 Å². The molecule has 0 N–H and O–H groups in total. The molecule has 0 aliphatic carbocycles. The zero-order valence-electron chi connectivity index (χ0n) is 4.77. The van der Waals surface area contributed by atoms with E-state index in [4.69, 9.17) is 11.6 Å². The standard InChI is InChI=1S/C6H4Cl.BrH.Mg/c7-6-4-2-1-3-5-6;;/h1-4H;1H;/q;;+1/p-1. The van der Waals surface area contributed by atoms with Crippen LogP contribution in [0.15, 0.2) is 24.3 Å². The fourth-order valence-corrected chi connectivity index (χ4v) is 3.36. The summed E-state index contributed by atoms with van der Waals surface area (Å²) in [5.41, 5.74) is 0. The van der Waals surface area contributed by atoms with Gasteiger partial charge in [-0.05, 0) is 6.07 Å². The van der Waals surface area contributed by atoms with Crippen molar-refractivity contribution in [3.63, 3.8) is 0 Å². The van der Waals surface area contributed by atoms with Crippen molar-refractivity contribution in [3.05, 3.63) is 29.3 Å². The molecule has 0 heterocycles. The number of rotatable bonds is 1. The van der Waals surface area contributed by atoms with E-state index >= 15 is 0 Å². The van der Waals surface area contributed by atoms with Gasteiger partial charge in [-0.3, -0.25) is 12.9 Å². The second-order valence-corrected chi connectivity index (χ2v) is 4.84. The van der Waals surface area contributed by atoms with Gasteiger partial charge in [-0.25, -0.2) is 0 Å². The lowest BCUT2D eigenvalue weighted by Gasteiger charge is -1.95. The van der Waals surface area contributed by atoms with Gasteiger partial charge in [-0.2, -0.15) is 0 Å². The van der Waals surface area contributed by atoms with Crippen LogP contribution < -0.4 is 3.69 Å². The van der Waals surface area contributed by atoms with Crippen molar-refractivity contribution in [2.45, 2.75) is 0 Å². The molecule has 1 aromatic rings. The average molecular weight is 216 g/mol. The Kier molecular flexibility index (Phi) is 3.33. The second kappa shape index (κ2) is 3.81. The molecule has 0 radical (unpaired) electrons. The lowest BCUT2D eigenvalue weighted by atomic mass is 10.4. The Morgan fingerprint density at radius 2 is 2.00 bits per heavy atom. The fourth-order valence-electron chi connectivity index (χ4n) is 0.607. The molecule has 1 rings (SSSR count). The van der Waals surface area contributed by atoms with Gasteiger partial charge in [0.05, 0.1) is 0 Å². The summed E-state index contributed by atoms with van der Waals surface area (Å²) in [6.45, 7) is 0. The molecule has 0 aliphatic rings. The fraction of sp³-hybridized carbons (Fsp3) is 0. The van der Waals surface area contributed by atoms with E-state index in [1.807, 2.05) is 18.2 Å². The van der Waals surface area contributed by atoms with Gasteiger partial charge in [0.1, 0.15) is 0 Å². The summed E-state index contributed by atoms with van der Waals surface area (Å²) in [7, 11) is 0. The predicted molar refractivity (Wildman–Crippen MR) is 45.8 cm³/mol. The topological polar surface area (TPSA) is 0 Å². The summed E-state index contributed by atoms with van der Waals surface area (Å²) in [6, 6.07) is 7.94. The molecule has 0 amide bonds. The van der Waals surface area contributed by atoms with Crippen LogP contribution in [0.3, 0.4) is 0 Å². The van der Waals surface area contributed by atoms with E-state index in [9.17, 15) is 0 Å². The Hall–Kier alpha value is 0.756. The van der Waals surface area contributed by atoms with Crippen molar-refractivity contribution >= 4 is 46.4 Å². The van der Waals surface area contributed by atoms with Crippen LogP contribution in [0, 0.1) is 0 Å². The molecule has 3 heteroatoms. The van der Waals surface area contributed by atoms with Crippen molar-refractivity contribution in [2.24, 2.45) is 0 Å². The van der Waals surface area contributed by atoms with Crippen molar-refractivity contribution in [2.75, 3.05) is 0 Å². The van der Waals surface area contributed by atoms with Crippen LogP contribution in [0.4, 0.5) is 0 Å². The molecular formula is C6H4BrClMg. The maximum Gasteiger partial charge on any atom is 0.509 e. The normalized spacial score (nSPS) is 8.67. The summed E-state index contributed by atoms with van der Waals surface area (Å²) in [4.78, 5) is 0. The van der Waals surface area contributed by atoms with Crippen LogP contribution in [-0.4, -0.2) is 18.2 Å². The molecule has 1 aromatic carbocycles. The van der Waals surface area contributed by atoms with Gasteiger partial charge >= 0.3 is 18.2 Å². The van der Waals surface area contributed by atoms with E-state index in [2.05, 4.69) is 19.0 Å². The first-order valence-electron chi connectivity index (χ1n) is 2.64. The Labute approximate surface area is 75.2 Å². The Morgan fingerprint density at radius 3 is 2.44 bits per heavy atom. The van der Waals surface area contributed by atoms with Gasteiger partial charge < -0.3 is 0 Å². The van der Waals surface area contributed by atoms with Crippen molar-refractivity contribution in [1.29, 1.82) is 0 Å². The maximum absolute atomic E-state index is 5.83. The van der Waals surface area contributed by atoms with E-state index in [1.165, 1.54) is 3.69 Å². The summed E-state index contributed by atoms with van der Waals surface area (Å²) in [5.74, 6) is 0. The molecule has 0 unspecified atom stereocenters. The highest BCUT2D eigenvalue weighted by Crippen LogP contribution is 2.02. The molecule has 0 nitrogen and oxygen atoms in total. The van der Waals surface area contributed by atoms with Crippen LogP contribution in [0.1, 0.15) is 0 Å². The van der Waals surface area contributed by atoms with Crippen LogP contribution >= 0.6 is 24.5 Å². The first-order valence-corrected chi connectivity index (χ1v) is 7.62. The highest BCUT2D eigenvalue weighted by Gasteiger charge is 1.97. The number of benzene rings is 1. The number of hydrogen-bond acceptors (Lipinski definition) is 0. The van der Waals surface area contributed by atoms with E-state index in [0.29, 0.717) is 0 Å². The van der Waals surface area contributed by atoms with E-state index in [1.54, 1.807) is 0 Å². The maximum atomic E-state index is 5.83. The zero-order chi connectivity index (χ0) is 6.69. The largest absolute Gasteiger partial charge is 0.509 e. The minimum absolute atomic E-state index is 0.257. The van der Waals surface area contributed by atoms with Crippen molar-refractivity contribution in [3.8, 4) is 0 Å². The van der Waals surface area contributed by atoms with E-state index in [0.717, 1.165) is 5.02 Å². The molecule has 0 atom stereocenters. The number of hydrogen-bond donors (Lipinski definition) is 0. The highest BCUT2D eigenvalue weighted by molar-refractivity contribution is 9.23. The summed E-state index contributed by atoms with van der Waals surface area (Å²) >= 11 is 9.03. The molecule has 0 saturated carbocycles. The summed E-state index contributed by atoms with van der Waals surface area (Å²) in [6.07, 6.45) is 0. The minimum atomic E-state index is -0.257. The average Bonchev–Trinajstić information content (AvgIpc) is 1.89. The first kappa shape index (κ1) is 7.86. The van der Waals surface area contributed by atoms with Crippen LogP contribution in [0.5, 0.6) is 0 Å². The molecule has 0 bridgehead atoms. The summed E-state index contributed by atoms with van der Waals surface area (Å²) < 4.78 is 1.28. The Bertz CT molecular complexity index is 202. The molecule has 44 valence electrons. The van der Waals surface area contributed by atoms with Crippen molar-refractivity contribution in [1.82, 2.24) is 0 Å². The molecule has 9 heavy (non-hydrogen) atoms. The Balaban J connectivity index is 3.01. The van der Waals surface area contributed by atoms with Crippen molar-refractivity contribution < 1.29 is 0 Å². The SMILES string of the molecule is Clc1cccc[c]1[Mg][Br]. The predicted octanol–water partition coefficient (Wildman–Crippen LogP) is 1.98. The van der Waals surface area contributed by atoms with Gasteiger partial charge in [-0.15, -0.1) is 3.69 Å². The molecule has 0 saturated heterocycles. The molecule has 0 spiro atoms. The smallest absolute Gasteiger partial charge is 0.296 e. The first-order chi connectivity index (χ1) is 4.34. The van der Waals surface area contributed by atoms with Crippen LogP contribution in [0.25, 0.3) is 0 Å². The molecular weight excluding hydrogens is 212 g/mol. The quantitative estimate of drug-likeness (QED) is 0.629. The highest BCUT2D eigenvalue weighted by atomic mass is 79.9. The third-order valence-corrected chi connectivity index (χ3v) is 4.41. The lowest BCUT2D eigenvalue weighted by molar-refractivity contribution is 1.77. The van der Waals surface area contributed by atoms with E-state index < -0.39 is 0 Å². The van der Waals surface area contributed by atoms with E-state index in [-0.39, 0.29) is 18.2 Å². The molecule has 0 aromatic heterocycles. The lowest BCUT2D eigenvalue weighted by Crippen LogP contribution is -2.08. The summed E-state index contributed by atoms with van der Waals surface area (Å²) in [5, 5.41) is 0.890. The minimum Gasteiger partial charge on any atom is -0.296 e. The second-order valence-electron chi connectivity index (χ2n) is 1.73.